The summed E-state index contributed by atoms with van der Waals surface area (Å²) in [6, 6.07) is 11.9. The molecule has 0 spiro atoms. The van der Waals surface area contributed by atoms with E-state index in [9.17, 15) is 4.79 Å². The van der Waals surface area contributed by atoms with Crippen molar-refractivity contribution in [2.24, 2.45) is 10.1 Å². The lowest BCUT2D eigenvalue weighted by Gasteiger charge is -2.33. The molecule has 1 amide bonds. The summed E-state index contributed by atoms with van der Waals surface area (Å²) in [7, 11) is 0. The molecule has 5 nitrogen and oxygen atoms in total. The summed E-state index contributed by atoms with van der Waals surface area (Å²) >= 11 is 3.25. The number of amides is 1. The van der Waals surface area contributed by atoms with Crippen LogP contribution in [-0.4, -0.2) is 21.8 Å². The first-order valence-electron chi connectivity index (χ1n) is 8.23. The van der Waals surface area contributed by atoms with Gasteiger partial charge >= 0.3 is 0 Å². The summed E-state index contributed by atoms with van der Waals surface area (Å²) in [6.45, 7) is 4.18. The Morgan fingerprint density at radius 1 is 1.28 bits per heavy atom. The van der Waals surface area contributed by atoms with Crippen molar-refractivity contribution in [1.82, 2.24) is 10.3 Å². The molecular weight excluding hydrogens is 352 g/mol. The number of thiophene rings is 1. The van der Waals surface area contributed by atoms with Gasteiger partial charge in [-0.2, -0.15) is 0 Å². The van der Waals surface area contributed by atoms with Crippen LogP contribution in [0.4, 0.5) is 0 Å². The van der Waals surface area contributed by atoms with Gasteiger partial charge in [0.15, 0.2) is 11.3 Å². The Hall–Kier alpha value is -2.12. The van der Waals surface area contributed by atoms with E-state index < -0.39 is 0 Å². The standard InChI is InChI=1S/C18H18N4OS2/c1-3-10-24-18-20-17(23)15-12-6-4-5-7-13(12)19-16(22(15)21-18)14-9-8-11(2)25-14/h4-9,16H,3,10H2,1-2H3,(H,20,21,23)/t16-/m0/s1. The molecule has 2 aliphatic rings. The van der Waals surface area contributed by atoms with E-state index in [1.165, 1.54) is 4.88 Å². The Bertz CT molecular complexity index is 979. The van der Waals surface area contributed by atoms with Gasteiger partial charge in [0.1, 0.15) is 5.70 Å². The minimum absolute atomic E-state index is 0.116. The van der Waals surface area contributed by atoms with Gasteiger partial charge in [-0.3, -0.25) is 15.1 Å². The number of hydrogen-bond acceptors (Lipinski definition) is 6. The van der Waals surface area contributed by atoms with E-state index in [-0.39, 0.29) is 12.1 Å². The highest BCUT2D eigenvalue weighted by atomic mass is 32.2. The third-order valence-corrected chi connectivity index (χ3v) is 6.08. The van der Waals surface area contributed by atoms with Crippen molar-refractivity contribution in [1.29, 1.82) is 0 Å². The van der Waals surface area contributed by atoms with E-state index >= 15 is 0 Å². The van der Waals surface area contributed by atoms with Crippen LogP contribution in [-0.2, 0) is 4.79 Å². The first-order valence-corrected chi connectivity index (χ1v) is 10.0. The predicted molar refractivity (Wildman–Crippen MR) is 103 cm³/mol. The van der Waals surface area contributed by atoms with Gasteiger partial charge in [-0.25, -0.2) is 5.01 Å². The SMILES string of the molecule is CCCSC1=NN2C(=c3ccccc3=N[C@@H]2c2ccc(C)s2)C(=O)N1. The van der Waals surface area contributed by atoms with Crippen LogP contribution < -0.4 is 15.9 Å². The Kier molecular flexibility index (Phi) is 4.35. The Morgan fingerprint density at radius 2 is 2.12 bits per heavy atom. The number of thioether (sulfide) groups is 1. The molecule has 1 N–H and O–H groups in total. The summed E-state index contributed by atoms with van der Waals surface area (Å²) in [4.78, 5) is 20.0. The summed E-state index contributed by atoms with van der Waals surface area (Å²) in [5.74, 6) is 0.799. The number of carbonyl (C=O) groups is 1. The lowest BCUT2D eigenvalue weighted by Crippen LogP contribution is -2.50. The molecule has 0 bridgehead atoms. The second kappa shape index (κ2) is 6.65. The molecule has 3 heterocycles. The molecule has 0 saturated heterocycles. The lowest BCUT2D eigenvalue weighted by atomic mass is 10.1. The number of nitrogens with zero attached hydrogens (tertiary/aromatic N) is 3. The molecule has 7 heteroatoms. The van der Waals surface area contributed by atoms with Crippen LogP contribution in [0.5, 0.6) is 0 Å². The van der Waals surface area contributed by atoms with Crippen LogP contribution in [0.15, 0.2) is 46.5 Å². The third-order valence-electron chi connectivity index (χ3n) is 3.97. The average molecular weight is 371 g/mol. The van der Waals surface area contributed by atoms with Crippen LogP contribution in [0.25, 0.3) is 5.70 Å². The molecule has 1 aromatic heterocycles. The van der Waals surface area contributed by atoms with Gasteiger partial charge < -0.3 is 0 Å². The number of hydrazone groups is 1. The quantitative estimate of drug-likeness (QED) is 0.902. The molecule has 1 atom stereocenters. The highest BCUT2D eigenvalue weighted by Gasteiger charge is 2.34. The average Bonchev–Trinajstić information content (AvgIpc) is 3.05. The molecule has 1 aromatic carbocycles. The second-order valence-electron chi connectivity index (χ2n) is 5.87. The minimum Gasteiger partial charge on any atom is -0.298 e. The van der Waals surface area contributed by atoms with Crippen molar-refractivity contribution in [2.75, 3.05) is 5.75 Å². The molecule has 0 radical (unpaired) electrons. The van der Waals surface area contributed by atoms with Crippen LogP contribution in [0.3, 0.4) is 0 Å². The Labute approximate surface area is 154 Å². The van der Waals surface area contributed by atoms with Crippen molar-refractivity contribution < 1.29 is 4.79 Å². The first kappa shape index (κ1) is 16.4. The smallest absolute Gasteiger partial charge is 0.276 e. The highest BCUT2D eigenvalue weighted by Crippen LogP contribution is 2.34. The van der Waals surface area contributed by atoms with Crippen LogP contribution in [0.1, 0.15) is 29.3 Å². The fourth-order valence-electron chi connectivity index (χ4n) is 2.87. The normalized spacial score (nSPS) is 18.9. The van der Waals surface area contributed by atoms with Crippen LogP contribution in [0.2, 0.25) is 0 Å². The number of benzene rings is 1. The number of hydrogen-bond donors (Lipinski definition) is 1. The zero-order valence-corrected chi connectivity index (χ0v) is 15.7. The Balaban J connectivity index is 1.89. The molecular formula is C18H18N4OS2. The van der Waals surface area contributed by atoms with Crippen molar-refractivity contribution in [2.45, 2.75) is 26.4 Å². The number of rotatable bonds is 3. The number of para-hydroxylation sites is 1. The van der Waals surface area contributed by atoms with Gasteiger partial charge in [0.05, 0.1) is 10.2 Å². The lowest BCUT2D eigenvalue weighted by molar-refractivity contribution is -0.116. The van der Waals surface area contributed by atoms with Crippen LogP contribution >= 0.6 is 23.1 Å². The van der Waals surface area contributed by atoms with Gasteiger partial charge in [0.25, 0.3) is 5.91 Å². The molecule has 4 rings (SSSR count). The molecule has 0 fully saturated rings. The zero-order valence-electron chi connectivity index (χ0n) is 14.0. The number of carbonyl (C=O) groups excluding carboxylic acids is 1. The summed E-state index contributed by atoms with van der Waals surface area (Å²) in [5, 5.41) is 11.7. The summed E-state index contributed by atoms with van der Waals surface area (Å²) < 4.78 is 0. The molecule has 2 aliphatic heterocycles. The van der Waals surface area contributed by atoms with E-state index in [1.807, 2.05) is 24.3 Å². The fraction of sp³-hybridized carbons (Fsp3) is 0.278. The number of amidine groups is 1. The number of aryl methyl sites for hydroxylation is 1. The van der Waals surface area contributed by atoms with Gasteiger partial charge in [-0.05, 0) is 31.5 Å². The van der Waals surface area contributed by atoms with E-state index in [0.29, 0.717) is 10.9 Å². The predicted octanol–water partition coefficient (Wildman–Crippen LogP) is 2.34. The van der Waals surface area contributed by atoms with E-state index in [2.05, 4.69) is 31.3 Å². The van der Waals surface area contributed by atoms with E-state index in [0.717, 1.165) is 27.6 Å². The van der Waals surface area contributed by atoms with E-state index in [1.54, 1.807) is 28.1 Å². The number of nitrogens with one attached hydrogen (secondary N) is 1. The minimum atomic E-state index is -0.299. The summed E-state index contributed by atoms with van der Waals surface area (Å²) in [6.07, 6.45) is 0.725. The topological polar surface area (TPSA) is 57.1 Å². The van der Waals surface area contributed by atoms with Gasteiger partial charge in [0, 0.05) is 15.8 Å². The van der Waals surface area contributed by atoms with E-state index in [4.69, 9.17) is 10.1 Å². The highest BCUT2D eigenvalue weighted by molar-refractivity contribution is 8.13. The Morgan fingerprint density at radius 3 is 2.88 bits per heavy atom. The van der Waals surface area contributed by atoms with Gasteiger partial charge in [-0.1, -0.05) is 36.9 Å². The second-order valence-corrected chi connectivity index (χ2v) is 8.27. The van der Waals surface area contributed by atoms with Crippen molar-refractivity contribution >= 4 is 39.9 Å². The molecule has 128 valence electrons. The van der Waals surface area contributed by atoms with Crippen LogP contribution in [0, 0.1) is 6.92 Å². The largest absolute Gasteiger partial charge is 0.298 e. The van der Waals surface area contributed by atoms with Gasteiger partial charge in [0.2, 0.25) is 0 Å². The zero-order chi connectivity index (χ0) is 17.4. The summed E-state index contributed by atoms with van der Waals surface area (Å²) in [5.41, 5.74) is 0.572. The molecule has 2 aromatic rings. The van der Waals surface area contributed by atoms with Crippen molar-refractivity contribution in [3.63, 3.8) is 0 Å². The maximum atomic E-state index is 12.8. The molecule has 0 saturated carbocycles. The molecule has 25 heavy (non-hydrogen) atoms. The van der Waals surface area contributed by atoms with Gasteiger partial charge in [-0.15, -0.1) is 16.4 Å². The monoisotopic (exact) mass is 370 g/mol. The third kappa shape index (κ3) is 2.98. The molecule has 0 aliphatic carbocycles. The first-order chi connectivity index (χ1) is 12.2. The molecule has 0 unspecified atom stereocenters. The van der Waals surface area contributed by atoms with Crippen molar-refractivity contribution in [3.05, 3.63) is 56.7 Å². The fourth-order valence-corrected chi connectivity index (χ4v) is 4.48. The number of fused-ring (bicyclic) bond motifs is 2. The maximum absolute atomic E-state index is 12.8. The van der Waals surface area contributed by atoms with Crippen molar-refractivity contribution in [3.8, 4) is 0 Å². The maximum Gasteiger partial charge on any atom is 0.276 e.